The SMILES string of the molecule is CCOCC(C)NCc1ccccc1-n1cccn1. The fraction of sp³-hybridized carbons (Fsp3) is 0.400. The van der Waals surface area contributed by atoms with Crippen LogP contribution in [-0.4, -0.2) is 29.0 Å². The molecule has 19 heavy (non-hydrogen) atoms. The number of nitrogens with zero attached hydrogens (tertiary/aromatic N) is 2. The Balaban J connectivity index is 2.01. The van der Waals surface area contributed by atoms with E-state index in [-0.39, 0.29) is 0 Å². The summed E-state index contributed by atoms with van der Waals surface area (Å²) in [6.45, 7) is 6.45. The van der Waals surface area contributed by atoms with Gasteiger partial charge >= 0.3 is 0 Å². The fourth-order valence-corrected chi connectivity index (χ4v) is 1.93. The lowest BCUT2D eigenvalue weighted by atomic mass is 10.1. The second-order valence-electron chi connectivity index (χ2n) is 4.52. The minimum Gasteiger partial charge on any atom is -0.380 e. The molecule has 0 aliphatic heterocycles. The topological polar surface area (TPSA) is 39.1 Å². The van der Waals surface area contributed by atoms with Crippen LogP contribution < -0.4 is 5.32 Å². The molecule has 0 saturated carbocycles. The molecule has 0 spiro atoms. The molecule has 0 amide bonds. The molecule has 4 heteroatoms. The van der Waals surface area contributed by atoms with Gasteiger partial charge in [-0.3, -0.25) is 0 Å². The number of benzene rings is 1. The minimum absolute atomic E-state index is 0.339. The maximum Gasteiger partial charge on any atom is 0.0690 e. The summed E-state index contributed by atoms with van der Waals surface area (Å²) in [5.74, 6) is 0. The van der Waals surface area contributed by atoms with Gasteiger partial charge in [-0.05, 0) is 31.5 Å². The lowest BCUT2D eigenvalue weighted by Gasteiger charge is -2.15. The van der Waals surface area contributed by atoms with E-state index in [2.05, 4.69) is 35.5 Å². The second kappa shape index (κ2) is 7.07. The minimum atomic E-state index is 0.339. The largest absolute Gasteiger partial charge is 0.380 e. The molecule has 2 rings (SSSR count). The predicted octanol–water partition coefficient (Wildman–Crippen LogP) is 2.39. The first-order valence-electron chi connectivity index (χ1n) is 6.70. The molecule has 0 radical (unpaired) electrons. The van der Waals surface area contributed by atoms with Crippen molar-refractivity contribution in [3.8, 4) is 5.69 Å². The zero-order chi connectivity index (χ0) is 13.5. The van der Waals surface area contributed by atoms with Gasteiger partial charge < -0.3 is 10.1 Å². The standard InChI is InChI=1S/C15H21N3O/c1-3-19-12-13(2)16-11-14-7-4-5-8-15(14)18-10-6-9-17-18/h4-10,13,16H,3,11-12H2,1-2H3. The van der Waals surface area contributed by atoms with Crippen LogP contribution in [0.5, 0.6) is 0 Å². The fourth-order valence-electron chi connectivity index (χ4n) is 1.93. The Bertz CT molecular complexity index is 482. The summed E-state index contributed by atoms with van der Waals surface area (Å²) in [4.78, 5) is 0. The molecule has 0 aliphatic carbocycles. The zero-order valence-corrected chi connectivity index (χ0v) is 11.5. The van der Waals surface area contributed by atoms with Crippen LogP contribution >= 0.6 is 0 Å². The predicted molar refractivity (Wildman–Crippen MR) is 76.4 cm³/mol. The van der Waals surface area contributed by atoms with Gasteiger partial charge in [-0.1, -0.05) is 18.2 Å². The highest BCUT2D eigenvalue weighted by Gasteiger charge is 2.06. The van der Waals surface area contributed by atoms with E-state index in [1.807, 2.05) is 29.9 Å². The van der Waals surface area contributed by atoms with Crippen molar-refractivity contribution in [2.45, 2.75) is 26.4 Å². The molecule has 4 nitrogen and oxygen atoms in total. The molecule has 0 bridgehead atoms. The van der Waals surface area contributed by atoms with Gasteiger partial charge in [-0.2, -0.15) is 5.10 Å². The Hall–Kier alpha value is -1.65. The molecule has 1 N–H and O–H groups in total. The molecule has 0 saturated heterocycles. The second-order valence-corrected chi connectivity index (χ2v) is 4.52. The molecule has 1 unspecified atom stereocenters. The molecule has 1 atom stereocenters. The molecule has 0 fully saturated rings. The monoisotopic (exact) mass is 259 g/mol. The summed E-state index contributed by atoms with van der Waals surface area (Å²) in [6.07, 6.45) is 3.75. The van der Waals surface area contributed by atoms with E-state index in [0.29, 0.717) is 6.04 Å². The molecule has 1 heterocycles. The third-order valence-electron chi connectivity index (χ3n) is 2.96. The van der Waals surface area contributed by atoms with Crippen LogP contribution in [0.2, 0.25) is 0 Å². The van der Waals surface area contributed by atoms with Crippen LogP contribution in [0.4, 0.5) is 0 Å². The van der Waals surface area contributed by atoms with Crippen LogP contribution in [0, 0.1) is 0 Å². The first kappa shape index (κ1) is 13.8. The highest BCUT2D eigenvalue weighted by atomic mass is 16.5. The molecular formula is C15H21N3O. The van der Waals surface area contributed by atoms with E-state index in [4.69, 9.17) is 4.74 Å². The Morgan fingerprint density at radius 3 is 2.89 bits per heavy atom. The Labute approximate surface area is 114 Å². The van der Waals surface area contributed by atoms with Gasteiger partial charge in [0.15, 0.2) is 0 Å². The van der Waals surface area contributed by atoms with Crippen LogP contribution in [0.1, 0.15) is 19.4 Å². The molecular weight excluding hydrogens is 238 g/mol. The van der Waals surface area contributed by atoms with E-state index in [9.17, 15) is 0 Å². The van der Waals surface area contributed by atoms with Gasteiger partial charge in [0.1, 0.15) is 0 Å². The smallest absolute Gasteiger partial charge is 0.0690 e. The Morgan fingerprint density at radius 1 is 1.32 bits per heavy atom. The summed E-state index contributed by atoms with van der Waals surface area (Å²) in [7, 11) is 0. The van der Waals surface area contributed by atoms with Crippen LogP contribution in [0.15, 0.2) is 42.7 Å². The maximum absolute atomic E-state index is 5.41. The summed E-state index contributed by atoms with van der Waals surface area (Å²) < 4.78 is 7.30. The van der Waals surface area contributed by atoms with Crippen molar-refractivity contribution < 1.29 is 4.74 Å². The van der Waals surface area contributed by atoms with E-state index < -0.39 is 0 Å². The molecule has 1 aromatic carbocycles. The van der Waals surface area contributed by atoms with Crippen molar-refractivity contribution in [2.75, 3.05) is 13.2 Å². The highest BCUT2D eigenvalue weighted by molar-refractivity contribution is 5.40. The first-order chi connectivity index (χ1) is 9.31. The van der Waals surface area contributed by atoms with Crippen molar-refractivity contribution >= 4 is 0 Å². The number of hydrogen-bond acceptors (Lipinski definition) is 3. The third kappa shape index (κ3) is 3.91. The van der Waals surface area contributed by atoms with Crippen LogP contribution in [0.3, 0.4) is 0 Å². The van der Waals surface area contributed by atoms with Crippen LogP contribution in [0.25, 0.3) is 5.69 Å². The summed E-state index contributed by atoms with van der Waals surface area (Å²) in [6, 6.07) is 10.6. The van der Waals surface area contributed by atoms with E-state index in [1.165, 1.54) is 5.56 Å². The van der Waals surface area contributed by atoms with Crippen molar-refractivity contribution in [3.63, 3.8) is 0 Å². The van der Waals surface area contributed by atoms with Crippen molar-refractivity contribution in [3.05, 3.63) is 48.3 Å². The van der Waals surface area contributed by atoms with Crippen LogP contribution in [-0.2, 0) is 11.3 Å². The zero-order valence-electron chi connectivity index (χ0n) is 11.5. The van der Waals surface area contributed by atoms with Gasteiger partial charge in [-0.25, -0.2) is 4.68 Å². The highest BCUT2D eigenvalue weighted by Crippen LogP contribution is 2.13. The average molecular weight is 259 g/mol. The normalized spacial score (nSPS) is 12.5. The van der Waals surface area contributed by atoms with Crippen molar-refractivity contribution in [1.82, 2.24) is 15.1 Å². The number of rotatable bonds is 7. The number of nitrogens with one attached hydrogen (secondary N) is 1. The lowest BCUT2D eigenvalue weighted by Crippen LogP contribution is -2.30. The van der Waals surface area contributed by atoms with E-state index in [0.717, 1.165) is 25.4 Å². The molecule has 1 aromatic heterocycles. The number of para-hydroxylation sites is 1. The van der Waals surface area contributed by atoms with Crippen molar-refractivity contribution in [1.29, 1.82) is 0 Å². The van der Waals surface area contributed by atoms with E-state index in [1.54, 1.807) is 6.20 Å². The van der Waals surface area contributed by atoms with Gasteiger partial charge in [-0.15, -0.1) is 0 Å². The van der Waals surface area contributed by atoms with Gasteiger partial charge in [0.25, 0.3) is 0 Å². The Morgan fingerprint density at radius 2 is 2.16 bits per heavy atom. The third-order valence-corrected chi connectivity index (χ3v) is 2.96. The van der Waals surface area contributed by atoms with Crippen molar-refractivity contribution in [2.24, 2.45) is 0 Å². The van der Waals surface area contributed by atoms with Gasteiger partial charge in [0.2, 0.25) is 0 Å². The number of hydrogen-bond donors (Lipinski definition) is 1. The summed E-state index contributed by atoms with van der Waals surface area (Å²) >= 11 is 0. The molecule has 2 aromatic rings. The quantitative estimate of drug-likeness (QED) is 0.830. The summed E-state index contributed by atoms with van der Waals surface area (Å²) in [5.41, 5.74) is 2.35. The Kier molecular flexibility index (Phi) is 5.12. The molecule has 0 aliphatic rings. The number of ether oxygens (including phenoxy) is 1. The first-order valence-corrected chi connectivity index (χ1v) is 6.70. The lowest BCUT2D eigenvalue weighted by molar-refractivity contribution is 0.127. The number of aromatic nitrogens is 2. The van der Waals surface area contributed by atoms with Gasteiger partial charge in [0, 0.05) is 31.6 Å². The summed E-state index contributed by atoms with van der Waals surface area (Å²) in [5, 5.41) is 7.76. The van der Waals surface area contributed by atoms with E-state index >= 15 is 0 Å². The maximum atomic E-state index is 5.41. The molecule has 102 valence electrons. The van der Waals surface area contributed by atoms with Gasteiger partial charge in [0.05, 0.1) is 12.3 Å². The average Bonchev–Trinajstić information content (AvgIpc) is 2.97.